The van der Waals surface area contributed by atoms with Gasteiger partial charge in [0.1, 0.15) is 0 Å². The lowest BCUT2D eigenvalue weighted by molar-refractivity contribution is -0.136. The summed E-state index contributed by atoms with van der Waals surface area (Å²) in [5, 5.41) is 0. The summed E-state index contributed by atoms with van der Waals surface area (Å²) in [5.41, 5.74) is 0. The number of morpholine rings is 1. The van der Waals surface area contributed by atoms with Crippen molar-refractivity contribution in [2.45, 2.75) is 13.0 Å². The smallest absolute Gasteiger partial charge is 0.240 e. The normalized spacial score (nSPS) is 20.0. The Morgan fingerprint density at radius 3 is 2.40 bits per heavy atom. The molecule has 1 fully saturated rings. The van der Waals surface area contributed by atoms with Gasteiger partial charge in [-0.1, -0.05) is 0 Å². The standard InChI is InChI=1S/C8H16N2O4S/c1-7(9-15(2,12)13)8(11)10-3-5-14-6-4-10/h7,9H,3-6H2,1-2H3/t7-/m0/s1. The molecule has 0 aromatic rings. The first kappa shape index (κ1) is 12.4. The average Bonchev–Trinajstić information content (AvgIpc) is 2.15. The monoisotopic (exact) mass is 236 g/mol. The van der Waals surface area contributed by atoms with Crippen LogP contribution < -0.4 is 4.72 Å². The second-order valence-corrected chi connectivity index (χ2v) is 5.33. The first-order chi connectivity index (χ1) is 6.90. The van der Waals surface area contributed by atoms with E-state index in [2.05, 4.69) is 4.72 Å². The van der Waals surface area contributed by atoms with Gasteiger partial charge in [0.05, 0.1) is 25.5 Å². The topological polar surface area (TPSA) is 75.7 Å². The van der Waals surface area contributed by atoms with Crippen molar-refractivity contribution in [3.05, 3.63) is 0 Å². The van der Waals surface area contributed by atoms with Crippen molar-refractivity contribution in [3.63, 3.8) is 0 Å². The summed E-state index contributed by atoms with van der Waals surface area (Å²) in [6.07, 6.45) is 1.04. The molecule has 0 aromatic carbocycles. The van der Waals surface area contributed by atoms with E-state index in [0.29, 0.717) is 26.3 Å². The van der Waals surface area contributed by atoms with Gasteiger partial charge in [0.2, 0.25) is 15.9 Å². The van der Waals surface area contributed by atoms with E-state index in [0.717, 1.165) is 6.26 Å². The molecule has 0 unspecified atom stereocenters. The number of sulfonamides is 1. The maximum absolute atomic E-state index is 11.7. The average molecular weight is 236 g/mol. The molecule has 1 heterocycles. The lowest BCUT2D eigenvalue weighted by atomic mass is 10.3. The van der Waals surface area contributed by atoms with Crippen LogP contribution in [0.1, 0.15) is 6.92 Å². The highest BCUT2D eigenvalue weighted by Crippen LogP contribution is 2.01. The largest absolute Gasteiger partial charge is 0.378 e. The van der Waals surface area contributed by atoms with E-state index in [4.69, 9.17) is 4.74 Å². The molecule has 1 N–H and O–H groups in total. The van der Waals surface area contributed by atoms with Crippen LogP contribution in [0.5, 0.6) is 0 Å². The fraction of sp³-hybridized carbons (Fsp3) is 0.875. The molecule has 0 spiro atoms. The fourth-order valence-corrected chi connectivity index (χ4v) is 2.17. The number of carbonyl (C=O) groups excluding carboxylic acids is 1. The van der Waals surface area contributed by atoms with Crippen LogP contribution >= 0.6 is 0 Å². The summed E-state index contributed by atoms with van der Waals surface area (Å²) in [6, 6.07) is -0.710. The number of carbonyl (C=O) groups is 1. The Morgan fingerprint density at radius 2 is 1.93 bits per heavy atom. The highest BCUT2D eigenvalue weighted by Gasteiger charge is 2.24. The Labute approximate surface area is 89.6 Å². The van der Waals surface area contributed by atoms with Gasteiger partial charge in [0, 0.05) is 13.1 Å². The van der Waals surface area contributed by atoms with E-state index >= 15 is 0 Å². The Morgan fingerprint density at radius 1 is 1.40 bits per heavy atom. The lowest BCUT2D eigenvalue weighted by Crippen LogP contribution is -2.50. The van der Waals surface area contributed by atoms with Gasteiger partial charge in [-0.15, -0.1) is 0 Å². The van der Waals surface area contributed by atoms with Crippen molar-refractivity contribution in [3.8, 4) is 0 Å². The Bertz CT molecular complexity index is 322. The van der Waals surface area contributed by atoms with Gasteiger partial charge in [0.15, 0.2) is 0 Å². The van der Waals surface area contributed by atoms with Crippen molar-refractivity contribution in [1.82, 2.24) is 9.62 Å². The molecule has 0 bridgehead atoms. The highest BCUT2D eigenvalue weighted by atomic mass is 32.2. The highest BCUT2D eigenvalue weighted by molar-refractivity contribution is 7.88. The van der Waals surface area contributed by atoms with Crippen LogP contribution in [-0.2, 0) is 19.6 Å². The second-order valence-electron chi connectivity index (χ2n) is 3.55. The molecule has 1 aliphatic heterocycles. The fourth-order valence-electron chi connectivity index (χ4n) is 1.43. The van der Waals surface area contributed by atoms with Crippen LogP contribution in [-0.4, -0.2) is 57.8 Å². The van der Waals surface area contributed by atoms with Crippen molar-refractivity contribution in [1.29, 1.82) is 0 Å². The molecule has 88 valence electrons. The predicted molar refractivity (Wildman–Crippen MR) is 54.8 cm³/mol. The van der Waals surface area contributed by atoms with Gasteiger partial charge in [-0.2, -0.15) is 0 Å². The number of nitrogens with one attached hydrogen (secondary N) is 1. The van der Waals surface area contributed by atoms with Crippen LogP contribution in [0.3, 0.4) is 0 Å². The number of amides is 1. The summed E-state index contributed by atoms with van der Waals surface area (Å²) >= 11 is 0. The first-order valence-corrected chi connectivity index (χ1v) is 6.63. The number of hydrogen-bond donors (Lipinski definition) is 1. The van der Waals surface area contributed by atoms with Gasteiger partial charge < -0.3 is 9.64 Å². The van der Waals surface area contributed by atoms with Crippen molar-refractivity contribution >= 4 is 15.9 Å². The minimum Gasteiger partial charge on any atom is -0.378 e. The van der Waals surface area contributed by atoms with E-state index < -0.39 is 16.1 Å². The molecule has 0 aliphatic carbocycles. The third-order valence-electron chi connectivity index (χ3n) is 2.08. The quantitative estimate of drug-likeness (QED) is 0.666. The van der Waals surface area contributed by atoms with Crippen molar-refractivity contribution in [2.24, 2.45) is 0 Å². The molecular formula is C8H16N2O4S. The third kappa shape index (κ3) is 4.15. The van der Waals surface area contributed by atoms with E-state index in [1.165, 1.54) is 0 Å². The maximum atomic E-state index is 11.7. The maximum Gasteiger partial charge on any atom is 0.240 e. The van der Waals surface area contributed by atoms with Gasteiger partial charge >= 0.3 is 0 Å². The van der Waals surface area contributed by atoms with Crippen LogP contribution in [0.15, 0.2) is 0 Å². The van der Waals surface area contributed by atoms with E-state index in [-0.39, 0.29) is 5.91 Å². The van der Waals surface area contributed by atoms with E-state index in [9.17, 15) is 13.2 Å². The van der Waals surface area contributed by atoms with Crippen LogP contribution in [0, 0.1) is 0 Å². The predicted octanol–water partition coefficient (Wildman–Crippen LogP) is -1.22. The second kappa shape index (κ2) is 4.91. The van der Waals surface area contributed by atoms with E-state index in [1.54, 1.807) is 11.8 Å². The van der Waals surface area contributed by atoms with Gasteiger partial charge in [-0.25, -0.2) is 13.1 Å². The molecule has 0 aromatic heterocycles. The SMILES string of the molecule is C[C@H](NS(C)(=O)=O)C(=O)N1CCOCC1. The number of nitrogens with zero attached hydrogens (tertiary/aromatic N) is 1. The minimum atomic E-state index is -3.34. The summed E-state index contributed by atoms with van der Waals surface area (Å²) in [4.78, 5) is 13.3. The number of ether oxygens (including phenoxy) is 1. The van der Waals surface area contributed by atoms with E-state index in [1.807, 2.05) is 0 Å². The molecule has 1 amide bonds. The summed E-state index contributed by atoms with van der Waals surface area (Å²) in [5.74, 6) is -0.205. The Kier molecular flexibility index (Phi) is 4.06. The molecular weight excluding hydrogens is 220 g/mol. The third-order valence-corrected chi connectivity index (χ3v) is 2.87. The van der Waals surface area contributed by atoms with Crippen molar-refractivity contribution in [2.75, 3.05) is 32.6 Å². The number of rotatable bonds is 3. The summed E-state index contributed by atoms with van der Waals surface area (Å²) in [7, 11) is -3.34. The van der Waals surface area contributed by atoms with Gasteiger partial charge in [-0.3, -0.25) is 4.79 Å². The molecule has 6 nitrogen and oxygen atoms in total. The zero-order valence-corrected chi connectivity index (χ0v) is 9.71. The lowest BCUT2D eigenvalue weighted by Gasteiger charge is -2.29. The zero-order valence-electron chi connectivity index (χ0n) is 8.89. The van der Waals surface area contributed by atoms with Crippen LogP contribution in [0.25, 0.3) is 0 Å². The van der Waals surface area contributed by atoms with Crippen LogP contribution in [0.4, 0.5) is 0 Å². The molecule has 7 heteroatoms. The zero-order chi connectivity index (χ0) is 11.5. The minimum absolute atomic E-state index is 0.205. The summed E-state index contributed by atoms with van der Waals surface area (Å²) < 4.78 is 29.2. The Hall–Kier alpha value is -0.660. The van der Waals surface area contributed by atoms with Gasteiger partial charge in [-0.05, 0) is 6.92 Å². The summed E-state index contributed by atoms with van der Waals surface area (Å²) in [6.45, 7) is 3.61. The number of hydrogen-bond acceptors (Lipinski definition) is 4. The molecule has 0 radical (unpaired) electrons. The molecule has 1 atom stereocenters. The van der Waals surface area contributed by atoms with Crippen LogP contribution in [0.2, 0.25) is 0 Å². The molecule has 1 saturated heterocycles. The molecule has 1 rings (SSSR count). The molecule has 15 heavy (non-hydrogen) atoms. The first-order valence-electron chi connectivity index (χ1n) is 4.74. The molecule has 1 aliphatic rings. The molecule has 0 saturated carbocycles. The van der Waals surface area contributed by atoms with Crippen molar-refractivity contribution < 1.29 is 17.9 Å². The van der Waals surface area contributed by atoms with Gasteiger partial charge in [0.25, 0.3) is 0 Å². The Balaban J connectivity index is 2.51.